The molecule has 0 unspecified atom stereocenters. The van der Waals surface area contributed by atoms with Crippen LogP contribution < -0.4 is 0 Å². The first-order valence-corrected chi connectivity index (χ1v) is 27.7. The molecule has 3 saturated heterocycles. The van der Waals surface area contributed by atoms with Crippen molar-refractivity contribution in [3.05, 3.63) is 179 Å². The van der Waals surface area contributed by atoms with Gasteiger partial charge in [-0.25, -0.2) is 24.0 Å². The molecule has 0 aromatic heterocycles. The lowest BCUT2D eigenvalue weighted by atomic mass is 9.95. The van der Waals surface area contributed by atoms with E-state index in [0.29, 0.717) is 0 Å². The van der Waals surface area contributed by atoms with Gasteiger partial charge in [-0.05, 0) is 60.7 Å². The molecule has 0 spiro atoms. The highest BCUT2D eigenvalue weighted by molar-refractivity contribution is 5.92. The average molecular weight is 1240 g/mol. The van der Waals surface area contributed by atoms with Crippen LogP contribution in [0.3, 0.4) is 0 Å². The number of hydrogen-bond acceptors (Lipinski definition) is 26. The predicted octanol–water partition coefficient (Wildman–Crippen LogP) is 4.60. The van der Waals surface area contributed by atoms with E-state index < -0.39 is 172 Å². The van der Waals surface area contributed by atoms with E-state index >= 15 is 0 Å². The first kappa shape index (κ1) is 65.5. The molecule has 89 heavy (non-hydrogen) atoms. The maximum atomic E-state index is 14.7. The van der Waals surface area contributed by atoms with E-state index in [1.54, 1.807) is 42.5 Å². The normalized spacial score (nSPS) is 26.3. The van der Waals surface area contributed by atoms with Crippen LogP contribution in [0.1, 0.15) is 86.4 Å². The summed E-state index contributed by atoms with van der Waals surface area (Å²) in [5.41, 5.74) is -0.265. The highest BCUT2D eigenvalue weighted by atomic mass is 16.8. The van der Waals surface area contributed by atoms with Crippen molar-refractivity contribution < 1.29 is 124 Å². The summed E-state index contributed by atoms with van der Waals surface area (Å²) in [6.07, 6.45) is -29.7. The summed E-state index contributed by atoms with van der Waals surface area (Å²) in [6.45, 7) is 2.58. The van der Waals surface area contributed by atoms with Crippen LogP contribution in [0.25, 0.3) is 0 Å². The summed E-state index contributed by atoms with van der Waals surface area (Å²) in [7, 11) is 0. The molecule has 470 valence electrons. The number of hydrogen-bond donors (Lipinski definition) is 1. The molecule has 3 aliphatic heterocycles. The quantitative estimate of drug-likeness (QED) is 0.0730. The Morgan fingerprint density at radius 1 is 0.303 bits per heavy atom. The lowest BCUT2D eigenvalue weighted by molar-refractivity contribution is -0.376. The Labute approximate surface area is 508 Å². The summed E-state index contributed by atoms with van der Waals surface area (Å²) in [5.74, 6) is -10.2. The van der Waals surface area contributed by atoms with E-state index in [1.165, 1.54) is 109 Å². The second kappa shape index (κ2) is 31.0. The lowest BCUT2D eigenvalue weighted by Crippen LogP contribution is -2.69. The van der Waals surface area contributed by atoms with E-state index in [9.17, 15) is 53.1 Å². The second-order valence-corrected chi connectivity index (χ2v) is 20.1. The largest absolute Gasteiger partial charge is 0.463 e. The molecule has 1 N–H and O–H groups in total. The number of aliphatic hydroxyl groups is 1. The minimum atomic E-state index is -2.23. The Morgan fingerprint density at radius 3 is 0.944 bits per heavy atom. The SMILES string of the molecule is CC(=O)OC[C@H]1O[C@H](O[C@@H]2[C@H](OC(=O)c3ccccc3)[C@@H](OC(=O)c3ccccc3)[C@H](O[C@H]3[C@H](OC(=O)c4ccccc4)[C@@H](OC(=O)c4ccccc4)[C@H](O)O[C@@H]3COC(=O)c3ccccc3)O[C@@H]2COC(C)=O)[C@H](OC(C)=O)[C@@H](OC(C)=O)[C@H]1OC(C)=O. The van der Waals surface area contributed by atoms with Gasteiger partial charge in [-0.1, -0.05) is 91.0 Å². The van der Waals surface area contributed by atoms with Crippen molar-refractivity contribution in [3.63, 3.8) is 0 Å². The van der Waals surface area contributed by atoms with Crippen LogP contribution in [0.4, 0.5) is 0 Å². The van der Waals surface area contributed by atoms with Crippen LogP contribution in [0, 0.1) is 0 Å². The molecule has 5 aromatic rings. The van der Waals surface area contributed by atoms with Crippen LogP contribution in [-0.4, -0.2) is 177 Å². The summed E-state index contributed by atoms with van der Waals surface area (Å²) in [4.78, 5) is 136. The molecule has 26 heteroatoms. The maximum Gasteiger partial charge on any atom is 0.338 e. The molecular formula is C63H62O26. The zero-order valence-corrected chi connectivity index (χ0v) is 48.4. The summed E-state index contributed by atoms with van der Waals surface area (Å²) in [5, 5.41) is 11.9. The van der Waals surface area contributed by atoms with Gasteiger partial charge in [0.05, 0.1) is 27.8 Å². The summed E-state index contributed by atoms with van der Waals surface area (Å²) >= 11 is 0. The van der Waals surface area contributed by atoms with Crippen molar-refractivity contribution in [1.29, 1.82) is 0 Å². The topological polar surface area (TPSA) is 329 Å². The first-order chi connectivity index (χ1) is 42.7. The van der Waals surface area contributed by atoms with Gasteiger partial charge in [0.15, 0.2) is 61.6 Å². The Hall–Kier alpha value is -9.44. The van der Waals surface area contributed by atoms with Gasteiger partial charge in [0, 0.05) is 34.6 Å². The fourth-order valence-electron chi connectivity index (χ4n) is 9.69. The van der Waals surface area contributed by atoms with Crippen LogP contribution in [0.2, 0.25) is 0 Å². The zero-order chi connectivity index (χ0) is 63.7. The standard InChI is InChI=1S/C63H62O26/c1-34(64)75-31-45-47(78-36(3)66)51(79-37(4)67)54(80-38(5)68)62(82-45)89-49-46(32-76-35(2)65)83-63(55(87-60(73)43-29-19-10-20-30-43)52(49)85-58(71)41-25-15-8-16-26-41)88-48-44(33-77-56(69)39-21-11-6-12-22-39)81-61(74)53(86-59(72)42-27-17-9-18-28-42)50(48)84-57(70)40-23-13-7-14-24-40/h6-30,44-55,61-63,74H,31-33H2,1-5H3/t44-,45-,46-,47+,48-,49+,50+,51+,52+,53-,54-,55-,61-,62-,63+/m1/s1. The molecule has 0 radical (unpaired) electrons. The van der Waals surface area contributed by atoms with Gasteiger partial charge in [0.25, 0.3) is 0 Å². The third-order valence-corrected chi connectivity index (χ3v) is 13.6. The number of rotatable bonds is 22. The van der Waals surface area contributed by atoms with Crippen LogP contribution in [0.15, 0.2) is 152 Å². The van der Waals surface area contributed by atoms with E-state index in [0.717, 1.165) is 34.6 Å². The first-order valence-electron chi connectivity index (χ1n) is 27.7. The van der Waals surface area contributed by atoms with Gasteiger partial charge in [0.1, 0.15) is 50.3 Å². The van der Waals surface area contributed by atoms with E-state index in [2.05, 4.69) is 0 Å². The zero-order valence-electron chi connectivity index (χ0n) is 48.4. The molecule has 0 aliphatic carbocycles. The fourth-order valence-corrected chi connectivity index (χ4v) is 9.69. The Balaban J connectivity index is 1.31. The Bertz CT molecular complexity index is 3260. The van der Waals surface area contributed by atoms with E-state index in [4.69, 9.17) is 71.1 Å². The molecule has 3 aliphatic rings. The third-order valence-electron chi connectivity index (χ3n) is 13.6. The molecule has 26 nitrogen and oxygen atoms in total. The molecule has 15 atom stereocenters. The van der Waals surface area contributed by atoms with Crippen molar-refractivity contribution in [3.8, 4) is 0 Å². The monoisotopic (exact) mass is 1230 g/mol. The molecule has 3 heterocycles. The predicted molar refractivity (Wildman–Crippen MR) is 297 cm³/mol. The maximum absolute atomic E-state index is 14.7. The number of ether oxygens (including phenoxy) is 15. The van der Waals surface area contributed by atoms with Crippen molar-refractivity contribution in [1.82, 2.24) is 0 Å². The Morgan fingerprint density at radius 2 is 0.573 bits per heavy atom. The highest BCUT2D eigenvalue weighted by Crippen LogP contribution is 2.39. The minimum absolute atomic E-state index is 0.0354. The second-order valence-electron chi connectivity index (χ2n) is 20.1. The molecule has 5 aromatic carbocycles. The molecule has 3 fully saturated rings. The van der Waals surface area contributed by atoms with Gasteiger partial charge in [-0.2, -0.15) is 0 Å². The number of esters is 10. The number of carbonyl (C=O) groups excluding carboxylic acids is 10. The van der Waals surface area contributed by atoms with Crippen LogP contribution >= 0.6 is 0 Å². The summed E-state index contributed by atoms with van der Waals surface area (Å²) in [6, 6.07) is 37.1. The molecular weight excluding hydrogens is 1170 g/mol. The lowest BCUT2D eigenvalue weighted by Gasteiger charge is -2.50. The molecule has 0 amide bonds. The number of benzene rings is 5. The van der Waals surface area contributed by atoms with Gasteiger partial charge < -0.3 is 76.2 Å². The van der Waals surface area contributed by atoms with E-state index in [-0.39, 0.29) is 27.8 Å². The molecule has 0 bridgehead atoms. The van der Waals surface area contributed by atoms with Crippen LogP contribution in [-0.2, 0) is 95.0 Å². The number of aliphatic hydroxyl groups excluding tert-OH is 1. The summed E-state index contributed by atoms with van der Waals surface area (Å²) < 4.78 is 90.9. The van der Waals surface area contributed by atoms with Crippen LogP contribution in [0.5, 0.6) is 0 Å². The minimum Gasteiger partial charge on any atom is -0.463 e. The van der Waals surface area contributed by atoms with Gasteiger partial charge in [0.2, 0.25) is 0 Å². The van der Waals surface area contributed by atoms with Crippen molar-refractivity contribution >= 4 is 59.7 Å². The van der Waals surface area contributed by atoms with Crippen molar-refractivity contribution in [2.45, 2.75) is 127 Å². The average Bonchev–Trinajstić information content (AvgIpc) is 1.78. The van der Waals surface area contributed by atoms with Gasteiger partial charge in [-0.3, -0.25) is 24.0 Å². The Kier molecular flexibility index (Phi) is 22.8. The highest BCUT2D eigenvalue weighted by Gasteiger charge is 2.60. The van der Waals surface area contributed by atoms with E-state index in [1.807, 2.05) is 0 Å². The van der Waals surface area contributed by atoms with Gasteiger partial charge >= 0.3 is 59.7 Å². The van der Waals surface area contributed by atoms with Crippen molar-refractivity contribution in [2.24, 2.45) is 0 Å². The third kappa shape index (κ3) is 17.6. The number of carbonyl (C=O) groups is 10. The van der Waals surface area contributed by atoms with Gasteiger partial charge in [-0.15, -0.1) is 0 Å². The smallest absolute Gasteiger partial charge is 0.338 e. The fraction of sp³-hybridized carbons (Fsp3) is 0.365. The molecule has 8 rings (SSSR count). The van der Waals surface area contributed by atoms with Crippen molar-refractivity contribution in [2.75, 3.05) is 19.8 Å². The molecule has 0 saturated carbocycles.